The number of amides is 1. The lowest BCUT2D eigenvalue weighted by atomic mass is 10.1. The molecule has 0 heterocycles. The van der Waals surface area contributed by atoms with Gasteiger partial charge in [0.1, 0.15) is 5.75 Å². The molecule has 3 aromatic rings. The van der Waals surface area contributed by atoms with Crippen LogP contribution in [0, 0.1) is 11.8 Å². The number of carbonyl (C=O) groups excluding carboxylic acids is 2. The molecule has 0 unspecified atom stereocenters. The van der Waals surface area contributed by atoms with Gasteiger partial charge >= 0.3 is 5.97 Å². The molecule has 0 fully saturated rings. The van der Waals surface area contributed by atoms with Gasteiger partial charge in [0.05, 0.1) is 7.11 Å². The molecule has 41 heavy (non-hydrogen) atoms. The number of carbonyl (C=O) groups is 2. The molecule has 0 N–H and O–H groups in total. The van der Waals surface area contributed by atoms with Crippen LogP contribution in [0.1, 0.15) is 74.1 Å². The molecular weight excluding hydrogens is 510 g/mol. The highest BCUT2D eigenvalue weighted by Crippen LogP contribution is 2.17. The summed E-state index contributed by atoms with van der Waals surface area (Å²) in [6.07, 6.45) is 12.0. The average Bonchev–Trinajstić information content (AvgIpc) is 3.01. The number of unbranched alkanes of at least 4 members (excludes halogenated alkanes) is 6. The Labute approximate surface area is 245 Å². The number of methoxy groups -OCH3 is 1. The second-order valence-corrected chi connectivity index (χ2v) is 9.96. The zero-order valence-electron chi connectivity index (χ0n) is 24.3. The molecule has 0 spiro atoms. The number of hydrogen-bond donors (Lipinski definition) is 0. The Morgan fingerprint density at radius 2 is 1.44 bits per heavy atom. The Hall–Kier alpha value is -4.30. The molecule has 0 aromatic heterocycles. The molecular formula is C36H41NO4. The quantitative estimate of drug-likeness (QED) is 0.0845. The maximum atomic E-state index is 13.3. The van der Waals surface area contributed by atoms with Gasteiger partial charge in [0.15, 0.2) is 6.61 Å². The minimum Gasteiger partial charge on any atom is -0.482 e. The van der Waals surface area contributed by atoms with E-state index < -0.39 is 5.97 Å². The standard InChI is InChI=1S/C36H41NO4/c1-3-4-5-6-7-8-9-11-16-31-17-19-32(20-18-31)27-37(35(38)26-23-30-14-12-10-13-15-30)28-33-21-24-34(25-22-33)41-29-36(39)40-2/h10,12-15,17-26H,3-9,27-29H2,1-2H3/b26-23+. The van der Waals surface area contributed by atoms with Gasteiger partial charge in [-0.2, -0.15) is 0 Å². The van der Waals surface area contributed by atoms with E-state index in [1.54, 1.807) is 18.2 Å². The summed E-state index contributed by atoms with van der Waals surface area (Å²) in [5, 5.41) is 0. The van der Waals surface area contributed by atoms with E-state index in [0.29, 0.717) is 18.8 Å². The molecule has 0 bridgehead atoms. The first-order chi connectivity index (χ1) is 20.1. The molecule has 0 aliphatic heterocycles. The number of benzene rings is 3. The first-order valence-electron chi connectivity index (χ1n) is 14.5. The number of nitrogens with zero attached hydrogens (tertiary/aromatic N) is 1. The molecule has 0 aliphatic rings. The largest absolute Gasteiger partial charge is 0.482 e. The summed E-state index contributed by atoms with van der Waals surface area (Å²) in [4.78, 5) is 26.4. The molecule has 5 nitrogen and oxygen atoms in total. The molecule has 5 heteroatoms. The van der Waals surface area contributed by atoms with E-state index in [1.807, 2.05) is 77.7 Å². The van der Waals surface area contributed by atoms with Crippen molar-refractivity contribution in [3.8, 4) is 17.6 Å². The molecule has 0 saturated carbocycles. The van der Waals surface area contributed by atoms with Crippen LogP contribution in [0.4, 0.5) is 0 Å². The second-order valence-electron chi connectivity index (χ2n) is 9.96. The number of ether oxygens (including phenoxy) is 2. The normalized spacial score (nSPS) is 10.6. The lowest BCUT2D eigenvalue weighted by Gasteiger charge is -2.22. The summed E-state index contributed by atoms with van der Waals surface area (Å²) >= 11 is 0. The average molecular weight is 552 g/mol. The summed E-state index contributed by atoms with van der Waals surface area (Å²) in [6, 6.07) is 25.3. The monoisotopic (exact) mass is 551 g/mol. The van der Waals surface area contributed by atoms with Crippen LogP contribution in [0.3, 0.4) is 0 Å². The summed E-state index contributed by atoms with van der Waals surface area (Å²) in [7, 11) is 1.32. The lowest BCUT2D eigenvalue weighted by Crippen LogP contribution is -2.28. The third-order valence-corrected chi connectivity index (χ3v) is 6.63. The van der Waals surface area contributed by atoms with E-state index in [2.05, 4.69) is 23.5 Å². The Morgan fingerprint density at radius 3 is 2.10 bits per heavy atom. The van der Waals surface area contributed by atoms with Crippen LogP contribution in [0.25, 0.3) is 6.08 Å². The van der Waals surface area contributed by atoms with Gasteiger partial charge in [-0.05, 0) is 53.5 Å². The fourth-order valence-corrected chi connectivity index (χ4v) is 4.23. The lowest BCUT2D eigenvalue weighted by molar-refractivity contribution is -0.142. The van der Waals surface area contributed by atoms with Gasteiger partial charge in [0.2, 0.25) is 5.91 Å². The van der Waals surface area contributed by atoms with E-state index in [9.17, 15) is 9.59 Å². The fourth-order valence-electron chi connectivity index (χ4n) is 4.23. The molecule has 214 valence electrons. The second kappa shape index (κ2) is 18.1. The molecule has 0 aliphatic carbocycles. The van der Waals surface area contributed by atoms with Gasteiger partial charge in [-0.1, -0.05) is 105 Å². The SMILES string of the molecule is CCCCCCCCC#Cc1ccc(CN(Cc2ccc(OCC(=O)OC)cc2)C(=O)/C=C/c2ccccc2)cc1. The fraction of sp³-hybridized carbons (Fsp3) is 0.333. The first-order valence-corrected chi connectivity index (χ1v) is 14.5. The molecule has 1 amide bonds. The van der Waals surface area contributed by atoms with Crippen LogP contribution in [-0.2, 0) is 27.4 Å². The van der Waals surface area contributed by atoms with Crippen molar-refractivity contribution in [2.75, 3.05) is 13.7 Å². The van der Waals surface area contributed by atoms with Crippen molar-refractivity contribution in [2.24, 2.45) is 0 Å². The number of rotatable bonds is 15. The highest BCUT2D eigenvalue weighted by Gasteiger charge is 2.13. The van der Waals surface area contributed by atoms with E-state index >= 15 is 0 Å². The summed E-state index contributed by atoms with van der Waals surface area (Å²) in [5.41, 5.74) is 3.95. The maximum absolute atomic E-state index is 13.3. The molecule has 0 saturated heterocycles. The van der Waals surface area contributed by atoms with Crippen molar-refractivity contribution in [3.63, 3.8) is 0 Å². The minimum atomic E-state index is -0.439. The Kier molecular flexibility index (Phi) is 13.8. The molecule has 0 radical (unpaired) electrons. The molecule has 3 rings (SSSR count). The van der Waals surface area contributed by atoms with Crippen LogP contribution in [0.15, 0.2) is 84.9 Å². The van der Waals surface area contributed by atoms with Crippen molar-refractivity contribution in [3.05, 3.63) is 107 Å². The van der Waals surface area contributed by atoms with Crippen LogP contribution in [-0.4, -0.2) is 30.5 Å². The van der Waals surface area contributed by atoms with Gasteiger partial charge in [-0.3, -0.25) is 4.79 Å². The van der Waals surface area contributed by atoms with Crippen molar-refractivity contribution in [1.82, 2.24) is 4.90 Å². The van der Waals surface area contributed by atoms with Crippen LogP contribution >= 0.6 is 0 Å². The molecule has 3 aromatic carbocycles. The van der Waals surface area contributed by atoms with Crippen molar-refractivity contribution in [1.29, 1.82) is 0 Å². The highest BCUT2D eigenvalue weighted by molar-refractivity contribution is 5.91. The van der Waals surface area contributed by atoms with E-state index in [-0.39, 0.29) is 12.5 Å². The predicted octanol–water partition coefficient (Wildman–Crippen LogP) is 7.58. The van der Waals surface area contributed by atoms with Gasteiger partial charge in [-0.15, -0.1) is 0 Å². The summed E-state index contributed by atoms with van der Waals surface area (Å²) in [6.45, 7) is 2.98. The predicted molar refractivity (Wildman–Crippen MR) is 165 cm³/mol. The summed E-state index contributed by atoms with van der Waals surface area (Å²) in [5.74, 6) is 6.62. The smallest absolute Gasteiger partial charge is 0.343 e. The number of esters is 1. The zero-order chi connectivity index (χ0) is 29.1. The van der Waals surface area contributed by atoms with Gasteiger partial charge in [-0.25, -0.2) is 4.79 Å². The van der Waals surface area contributed by atoms with Crippen LogP contribution in [0.5, 0.6) is 5.75 Å². The third-order valence-electron chi connectivity index (χ3n) is 6.63. The van der Waals surface area contributed by atoms with Crippen LogP contribution < -0.4 is 4.74 Å². The third kappa shape index (κ3) is 12.2. The van der Waals surface area contributed by atoms with Gasteiger partial charge in [0.25, 0.3) is 0 Å². The van der Waals surface area contributed by atoms with E-state index in [1.165, 1.54) is 39.2 Å². The first kappa shape index (κ1) is 31.2. The van der Waals surface area contributed by atoms with Crippen molar-refractivity contribution < 1.29 is 19.1 Å². The van der Waals surface area contributed by atoms with Gasteiger partial charge in [0, 0.05) is 31.1 Å². The zero-order valence-corrected chi connectivity index (χ0v) is 24.3. The van der Waals surface area contributed by atoms with E-state index in [4.69, 9.17) is 4.74 Å². The Bertz CT molecular complexity index is 1290. The van der Waals surface area contributed by atoms with Gasteiger partial charge < -0.3 is 14.4 Å². The number of hydrogen-bond acceptors (Lipinski definition) is 4. The van der Waals surface area contributed by atoms with Crippen LogP contribution in [0.2, 0.25) is 0 Å². The summed E-state index contributed by atoms with van der Waals surface area (Å²) < 4.78 is 10.1. The van der Waals surface area contributed by atoms with E-state index in [0.717, 1.165) is 35.1 Å². The topological polar surface area (TPSA) is 55.8 Å². The maximum Gasteiger partial charge on any atom is 0.343 e. The Balaban J connectivity index is 1.63. The highest BCUT2D eigenvalue weighted by atomic mass is 16.6. The minimum absolute atomic E-state index is 0.0809. The molecule has 0 atom stereocenters. The van der Waals surface area contributed by atoms with Crippen molar-refractivity contribution >= 4 is 18.0 Å². The van der Waals surface area contributed by atoms with Crippen molar-refractivity contribution in [2.45, 2.75) is 65.0 Å². The Morgan fingerprint density at radius 1 is 0.805 bits per heavy atom.